The topological polar surface area (TPSA) is 54.0 Å². The highest BCUT2D eigenvalue weighted by molar-refractivity contribution is 9.10. The van der Waals surface area contributed by atoms with E-state index in [9.17, 15) is 4.79 Å². The van der Waals surface area contributed by atoms with Gasteiger partial charge in [-0.15, -0.1) is 11.3 Å². The summed E-state index contributed by atoms with van der Waals surface area (Å²) in [6.07, 6.45) is 0. The molecule has 0 radical (unpaired) electrons. The van der Waals surface area contributed by atoms with Crippen molar-refractivity contribution in [2.75, 3.05) is 10.6 Å². The van der Waals surface area contributed by atoms with E-state index in [0.29, 0.717) is 10.8 Å². The zero-order chi connectivity index (χ0) is 15.4. The summed E-state index contributed by atoms with van der Waals surface area (Å²) in [5.41, 5.74) is 2.58. The summed E-state index contributed by atoms with van der Waals surface area (Å²) in [7, 11) is 0. The van der Waals surface area contributed by atoms with Gasteiger partial charge in [0.15, 0.2) is 5.13 Å². The average Bonchev–Trinajstić information content (AvgIpc) is 2.99. The number of anilines is 2. The standard InChI is InChI=1S/C16H12BrN3OS/c17-12-8-4-5-9-13(12)18-15(21)20-16-19-14(10-22-16)11-6-2-1-3-7-11/h1-10H,(H2,18,19,20,21). The fourth-order valence-corrected chi connectivity index (χ4v) is 2.98. The van der Waals surface area contributed by atoms with Crippen molar-refractivity contribution in [2.24, 2.45) is 0 Å². The van der Waals surface area contributed by atoms with Crippen LogP contribution in [0.5, 0.6) is 0 Å². The lowest BCUT2D eigenvalue weighted by atomic mass is 10.2. The molecule has 1 aromatic heterocycles. The molecule has 3 aromatic rings. The monoisotopic (exact) mass is 373 g/mol. The number of rotatable bonds is 3. The van der Waals surface area contributed by atoms with Crippen molar-refractivity contribution in [1.29, 1.82) is 0 Å². The van der Waals surface area contributed by atoms with Gasteiger partial charge >= 0.3 is 6.03 Å². The Hall–Kier alpha value is -2.18. The first-order valence-corrected chi connectivity index (χ1v) is 8.23. The molecule has 0 aliphatic rings. The first-order chi connectivity index (χ1) is 10.7. The van der Waals surface area contributed by atoms with Gasteiger partial charge in [-0.1, -0.05) is 42.5 Å². The largest absolute Gasteiger partial charge is 0.325 e. The molecule has 0 atom stereocenters. The number of carbonyl (C=O) groups is 1. The number of aromatic nitrogens is 1. The Balaban J connectivity index is 1.68. The molecule has 0 aliphatic heterocycles. The normalized spacial score (nSPS) is 10.2. The van der Waals surface area contributed by atoms with Gasteiger partial charge in [0.25, 0.3) is 0 Å². The molecule has 110 valence electrons. The SMILES string of the molecule is O=C(Nc1nc(-c2ccccc2)cs1)Nc1ccccc1Br. The van der Waals surface area contributed by atoms with E-state index in [4.69, 9.17) is 0 Å². The van der Waals surface area contributed by atoms with E-state index < -0.39 is 0 Å². The zero-order valence-corrected chi connectivity index (χ0v) is 13.8. The molecule has 1 heterocycles. The van der Waals surface area contributed by atoms with Crippen molar-refractivity contribution in [3.8, 4) is 11.3 Å². The van der Waals surface area contributed by atoms with Crippen molar-refractivity contribution >= 4 is 44.1 Å². The Kier molecular flexibility index (Phi) is 4.50. The minimum atomic E-state index is -0.319. The smallest absolute Gasteiger partial charge is 0.307 e. The van der Waals surface area contributed by atoms with Gasteiger partial charge in [0, 0.05) is 15.4 Å². The van der Waals surface area contributed by atoms with Gasteiger partial charge in [-0.25, -0.2) is 9.78 Å². The molecule has 22 heavy (non-hydrogen) atoms. The minimum Gasteiger partial charge on any atom is -0.307 e. The van der Waals surface area contributed by atoms with E-state index in [1.807, 2.05) is 60.0 Å². The van der Waals surface area contributed by atoms with E-state index in [1.54, 1.807) is 0 Å². The number of halogens is 1. The van der Waals surface area contributed by atoms with Crippen LogP contribution in [0.2, 0.25) is 0 Å². The number of urea groups is 1. The van der Waals surface area contributed by atoms with Gasteiger partial charge < -0.3 is 5.32 Å². The second-order valence-corrected chi connectivity index (χ2v) is 6.18. The summed E-state index contributed by atoms with van der Waals surface area (Å²) < 4.78 is 0.828. The van der Waals surface area contributed by atoms with Crippen molar-refractivity contribution < 1.29 is 4.79 Å². The Morgan fingerprint density at radius 1 is 1.00 bits per heavy atom. The highest BCUT2D eigenvalue weighted by atomic mass is 79.9. The fourth-order valence-electron chi connectivity index (χ4n) is 1.89. The molecule has 3 rings (SSSR count). The van der Waals surface area contributed by atoms with Gasteiger partial charge in [0.2, 0.25) is 0 Å². The molecule has 4 nitrogen and oxygen atoms in total. The van der Waals surface area contributed by atoms with E-state index in [-0.39, 0.29) is 6.03 Å². The predicted octanol–water partition coefficient (Wildman–Crippen LogP) is 5.22. The van der Waals surface area contributed by atoms with Crippen molar-refractivity contribution in [3.63, 3.8) is 0 Å². The Labute approximate surface area is 140 Å². The first-order valence-electron chi connectivity index (χ1n) is 6.56. The number of thiazole rings is 1. The van der Waals surface area contributed by atoms with Crippen LogP contribution in [-0.4, -0.2) is 11.0 Å². The predicted molar refractivity (Wildman–Crippen MR) is 94.3 cm³/mol. The molecule has 0 saturated heterocycles. The molecule has 2 aromatic carbocycles. The van der Waals surface area contributed by atoms with Gasteiger partial charge in [0.1, 0.15) is 0 Å². The molecule has 0 unspecified atom stereocenters. The summed E-state index contributed by atoms with van der Waals surface area (Å²) in [6, 6.07) is 17.0. The van der Waals surface area contributed by atoms with E-state index in [2.05, 4.69) is 31.5 Å². The number of nitrogens with zero attached hydrogens (tertiary/aromatic N) is 1. The first kappa shape index (κ1) is 14.7. The van der Waals surface area contributed by atoms with Crippen LogP contribution in [0.1, 0.15) is 0 Å². The third kappa shape index (κ3) is 3.52. The zero-order valence-electron chi connectivity index (χ0n) is 11.4. The second-order valence-electron chi connectivity index (χ2n) is 4.46. The lowest BCUT2D eigenvalue weighted by Crippen LogP contribution is -2.19. The lowest BCUT2D eigenvalue weighted by Gasteiger charge is -2.06. The molecule has 6 heteroatoms. The number of nitrogens with one attached hydrogen (secondary N) is 2. The number of hydrogen-bond donors (Lipinski definition) is 2. The van der Waals surface area contributed by atoms with Crippen molar-refractivity contribution in [2.45, 2.75) is 0 Å². The van der Waals surface area contributed by atoms with Crippen LogP contribution >= 0.6 is 27.3 Å². The van der Waals surface area contributed by atoms with Crippen LogP contribution in [0.15, 0.2) is 64.5 Å². The maximum atomic E-state index is 12.0. The third-order valence-corrected chi connectivity index (χ3v) is 4.37. The average molecular weight is 374 g/mol. The molecule has 0 spiro atoms. The van der Waals surface area contributed by atoms with Crippen LogP contribution in [0.3, 0.4) is 0 Å². The van der Waals surface area contributed by atoms with Crippen molar-refractivity contribution in [3.05, 3.63) is 64.5 Å². The summed E-state index contributed by atoms with van der Waals surface area (Å²) in [5, 5.41) is 8.00. The molecule has 0 aliphatic carbocycles. The van der Waals surface area contributed by atoms with E-state index in [1.165, 1.54) is 11.3 Å². The second kappa shape index (κ2) is 6.72. The molecular weight excluding hydrogens is 362 g/mol. The number of hydrogen-bond acceptors (Lipinski definition) is 3. The van der Waals surface area contributed by atoms with Crippen molar-refractivity contribution in [1.82, 2.24) is 4.98 Å². The van der Waals surface area contributed by atoms with Gasteiger partial charge in [-0.2, -0.15) is 0 Å². The summed E-state index contributed by atoms with van der Waals surface area (Å²) >= 11 is 4.78. The quantitative estimate of drug-likeness (QED) is 0.661. The molecule has 2 amide bonds. The minimum absolute atomic E-state index is 0.319. The third-order valence-electron chi connectivity index (χ3n) is 2.92. The maximum Gasteiger partial charge on any atom is 0.325 e. The fraction of sp³-hybridized carbons (Fsp3) is 0. The van der Waals surface area contributed by atoms with E-state index in [0.717, 1.165) is 15.7 Å². The highest BCUT2D eigenvalue weighted by Crippen LogP contribution is 2.25. The maximum absolute atomic E-state index is 12.0. The molecule has 0 saturated carbocycles. The van der Waals surface area contributed by atoms with Gasteiger partial charge in [0.05, 0.1) is 11.4 Å². The number of carbonyl (C=O) groups excluding carboxylic acids is 1. The summed E-state index contributed by atoms with van der Waals surface area (Å²) in [4.78, 5) is 16.4. The Morgan fingerprint density at radius 3 is 2.50 bits per heavy atom. The highest BCUT2D eigenvalue weighted by Gasteiger charge is 2.09. The molecule has 0 fully saturated rings. The number of para-hydroxylation sites is 1. The Bertz CT molecular complexity index is 789. The summed E-state index contributed by atoms with van der Waals surface area (Å²) in [5.74, 6) is 0. The summed E-state index contributed by atoms with van der Waals surface area (Å²) in [6.45, 7) is 0. The number of benzene rings is 2. The van der Waals surface area contributed by atoms with Crippen LogP contribution < -0.4 is 10.6 Å². The van der Waals surface area contributed by atoms with Crippen LogP contribution in [0.4, 0.5) is 15.6 Å². The van der Waals surface area contributed by atoms with Gasteiger partial charge in [-0.3, -0.25) is 5.32 Å². The van der Waals surface area contributed by atoms with Crippen LogP contribution in [0, 0.1) is 0 Å². The lowest BCUT2D eigenvalue weighted by molar-refractivity contribution is 0.262. The van der Waals surface area contributed by atoms with Gasteiger partial charge in [-0.05, 0) is 28.1 Å². The Morgan fingerprint density at radius 2 is 1.73 bits per heavy atom. The van der Waals surface area contributed by atoms with Crippen LogP contribution in [-0.2, 0) is 0 Å². The molecule has 2 N–H and O–H groups in total. The van der Waals surface area contributed by atoms with Crippen LogP contribution in [0.25, 0.3) is 11.3 Å². The van der Waals surface area contributed by atoms with E-state index >= 15 is 0 Å². The molecule has 0 bridgehead atoms. The molecular formula is C16H12BrN3OS. The number of amides is 2.